The Balaban J connectivity index is 1.88. The predicted molar refractivity (Wildman–Crippen MR) is 110 cm³/mol. The molecule has 29 heavy (non-hydrogen) atoms. The average molecular weight is 415 g/mol. The number of nitro benzene ring substituents is 1. The maximum atomic E-state index is 12.7. The van der Waals surface area contributed by atoms with Crippen molar-refractivity contribution >= 4 is 28.9 Å². The van der Waals surface area contributed by atoms with E-state index in [0.29, 0.717) is 17.2 Å². The van der Waals surface area contributed by atoms with Crippen molar-refractivity contribution in [2.24, 2.45) is 0 Å². The van der Waals surface area contributed by atoms with E-state index < -0.39 is 11.0 Å². The van der Waals surface area contributed by atoms with E-state index in [9.17, 15) is 14.9 Å². The molecule has 0 saturated heterocycles. The monoisotopic (exact) mass is 414 g/mol. The van der Waals surface area contributed by atoms with Gasteiger partial charge in [-0.2, -0.15) is 5.10 Å². The summed E-state index contributed by atoms with van der Waals surface area (Å²) in [5.41, 5.74) is 0.942. The number of amides is 1. The minimum absolute atomic E-state index is 0.193. The molecule has 0 aliphatic carbocycles. The number of nitro groups is 1. The van der Waals surface area contributed by atoms with E-state index in [1.165, 1.54) is 23.0 Å². The van der Waals surface area contributed by atoms with E-state index >= 15 is 0 Å². The summed E-state index contributed by atoms with van der Waals surface area (Å²) in [6, 6.07) is 10.8. The normalized spacial score (nSPS) is 11.7. The lowest BCUT2D eigenvalue weighted by atomic mass is 10.2. The Hall–Kier alpha value is -3.39. The van der Waals surface area contributed by atoms with Crippen LogP contribution in [0.3, 0.4) is 0 Å². The summed E-state index contributed by atoms with van der Waals surface area (Å²) >= 11 is 5.89. The zero-order chi connectivity index (χ0) is 21.0. The fourth-order valence-electron chi connectivity index (χ4n) is 2.82. The molecule has 1 amide bonds. The second kappa shape index (κ2) is 8.74. The van der Waals surface area contributed by atoms with Crippen LogP contribution in [0.15, 0.2) is 54.9 Å². The summed E-state index contributed by atoms with van der Waals surface area (Å²) in [5, 5.41) is 18.5. The molecule has 0 spiro atoms. The summed E-state index contributed by atoms with van der Waals surface area (Å²) in [5.74, 6) is 0.455. The Labute approximate surface area is 172 Å². The van der Waals surface area contributed by atoms with Gasteiger partial charge in [0.25, 0.3) is 5.69 Å². The van der Waals surface area contributed by atoms with Crippen molar-refractivity contribution in [1.82, 2.24) is 9.78 Å². The summed E-state index contributed by atoms with van der Waals surface area (Å²) < 4.78 is 7.26. The quantitative estimate of drug-likeness (QED) is 0.426. The SMILES string of the molecule is CCC(C(=O)Nc1cc(Oc2ccccc2C)cc([N+](=O)[O-])c1)n1cc(Cl)cn1. The molecule has 0 aliphatic heterocycles. The molecule has 8 nitrogen and oxygen atoms in total. The van der Waals surface area contributed by atoms with Gasteiger partial charge in [-0.3, -0.25) is 19.6 Å². The van der Waals surface area contributed by atoms with Crippen molar-refractivity contribution in [1.29, 1.82) is 0 Å². The molecule has 1 atom stereocenters. The number of hydrogen-bond acceptors (Lipinski definition) is 5. The van der Waals surface area contributed by atoms with Crippen molar-refractivity contribution in [3.63, 3.8) is 0 Å². The molecule has 1 aromatic heterocycles. The minimum atomic E-state index is -0.609. The lowest BCUT2D eigenvalue weighted by Gasteiger charge is -2.16. The largest absolute Gasteiger partial charge is 0.457 e. The Morgan fingerprint density at radius 3 is 2.72 bits per heavy atom. The highest BCUT2D eigenvalue weighted by Crippen LogP contribution is 2.31. The van der Waals surface area contributed by atoms with Gasteiger partial charge in [0.2, 0.25) is 5.91 Å². The molecule has 1 N–H and O–H groups in total. The number of aromatic nitrogens is 2. The van der Waals surface area contributed by atoms with E-state index in [-0.39, 0.29) is 23.0 Å². The number of nitrogens with zero attached hydrogens (tertiary/aromatic N) is 3. The minimum Gasteiger partial charge on any atom is -0.457 e. The third-order valence-electron chi connectivity index (χ3n) is 4.27. The molecule has 2 aromatic carbocycles. The Morgan fingerprint density at radius 1 is 1.34 bits per heavy atom. The zero-order valence-electron chi connectivity index (χ0n) is 15.8. The van der Waals surface area contributed by atoms with E-state index in [1.54, 1.807) is 18.3 Å². The smallest absolute Gasteiger partial charge is 0.275 e. The second-order valence-corrected chi connectivity index (χ2v) is 6.83. The number of nitrogens with one attached hydrogen (secondary N) is 1. The molecule has 0 bridgehead atoms. The zero-order valence-corrected chi connectivity index (χ0v) is 16.6. The van der Waals surface area contributed by atoms with Gasteiger partial charge in [0.15, 0.2) is 0 Å². The molecule has 3 aromatic rings. The highest BCUT2D eigenvalue weighted by Gasteiger charge is 2.21. The van der Waals surface area contributed by atoms with Crippen LogP contribution >= 0.6 is 11.6 Å². The van der Waals surface area contributed by atoms with Gasteiger partial charge in [-0.1, -0.05) is 36.7 Å². The van der Waals surface area contributed by atoms with Crippen molar-refractivity contribution < 1.29 is 14.5 Å². The number of hydrogen-bond donors (Lipinski definition) is 1. The topological polar surface area (TPSA) is 99.3 Å². The van der Waals surface area contributed by atoms with Gasteiger partial charge in [-0.25, -0.2) is 0 Å². The van der Waals surface area contributed by atoms with E-state index in [1.807, 2.05) is 32.0 Å². The molecule has 150 valence electrons. The van der Waals surface area contributed by atoms with Crippen molar-refractivity contribution in [3.8, 4) is 11.5 Å². The van der Waals surface area contributed by atoms with Gasteiger partial charge in [-0.05, 0) is 25.0 Å². The molecule has 0 saturated carbocycles. The van der Waals surface area contributed by atoms with Gasteiger partial charge in [0, 0.05) is 18.3 Å². The third-order valence-corrected chi connectivity index (χ3v) is 4.46. The molecule has 0 fully saturated rings. The fourth-order valence-corrected chi connectivity index (χ4v) is 2.96. The maximum absolute atomic E-state index is 12.7. The van der Waals surface area contributed by atoms with E-state index in [4.69, 9.17) is 16.3 Å². The lowest BCUT2D eigenvalue weighted by Crippen LogP contribution is -2.26. The first-order valence-electron chi connectivity index (χ1n) is 8.91. The Morgan fingerprint density at radius 2 is 2.10 bits per heavy atom. The average Bonchev–Trinajstić information content (AvgIpc) is 3.10. The van der Waals surface area contributed by atoms with Crippen molar-refractivity contribution in [2.75, 3.05) is 5.32 Å². The molecule has 0 radical (unpaired) electrons. The van der Waals surface area contributed by atoms with Crippen LogP contribution in [0.4, 0.5) is 11.4 Å². The van der Waals surface area contributed by atoms with Gasteiger partial charge >= 0.3 is 0 Å². The maximum Gasteiger partial charge on any atom is 0.275 e. The molecule has 1 unspecified atom stereocenters. The molecule has 9 heteroatoms. The summed E-state index contributed by atoms with van der Waals surface area (Å²) in [7, 11) is 0. The summed E-state index contributed by atoms with van der Waals surface area (Å²) in [6.45, 7) is 3.70. The number of carbonyl (C=O) groups excluding carboxylic acids is 1. The lowest BCUT2D eigenvalue weighted by molar-refractivity contribution is -0.384. The van der Waals surface area contributed by atoms with Crippen LogP contribution in [0.5, 0.6) is 11.5 Å². The van der Waals surface area contributed by atoms with E-state index in [0.717, 1.165) is 5.56 Å². The molecule has 3 rings (SSSR count). The number of non-ortho nitro benzene ring substituents is 1. The van der Waals surface area contributed by atoms with Crippen LogP contribution < -0.4 is 10.1 Å². The number of anilines is 1. The first-order valence-corrected chi connectivity index (χ1v) is 9.28. The van der Waals surface area contributed by atoms with Crippen LogP contribution in [0.1, 0.15) is 24.9 Å². The van der Waals surface area contributed by atoms with Gasteiger partial charge in [-0.15, -0.1) is 0 Å². The van der Waals surface area contributed by atoms with Crippen molar-refractivity contribution in [2.45, 2.75) is 26.3 Å². The molecular formula is C20H19ClN4O4. The highest BCUT2D eigenvalue weighted by molar-refractivity contribution is 6.30. The van der Waals surface area contributed by atoms with Crippen LogP contribution in [0.2, 0.25) is 5.02 Å². The van der Waals surface area contributed by atoms with Gasteiger partial charge < -0.3 is 10.1 Å². The van der Waals surface area contributed by atoms with Crippen LogP contribution in [0, 0.1) is 17.0 Å². The molecule has 1 heterocycles. The van der Waals surface area contributed by atoms with Gasteiger partial charge in [0.05, 0.1) is 27.9 Å². The molecule has 0 aliphatic rings. The third kappa shape index (κ3) is 4.91. The number of aryl methyl sites for hydroxylation is 1. The fraction of sp³-hybridized carbons (Fsp3) is 0.200. The number of para-hydroxylation sites is 1. The number of ether oxygens (including phenoxy) is 1. The van der Waals surface area contributed by atoms with E-state index in [2.05, 4.69) is 10.4 Å². The first-order chi connectivity index (χ1) is 13.9. The van der Waals surface area contributed by atoms with Crippen LogP contribution in [-0.4, -0.2) is 20.6 Å². The van der Waals surface area contributed by atoms with Crippen LogP contribution in [-0.2, 0) is 4.79 Å². The second-order valence-electron chi connectivity index (χ2n) is 6.39. The highest BCUT2D eigenvalue weighted by atomic mass is 35.5. The first kappa shape index (κ1) is 20.3. The Bertz CT molecular complexity index is 1050. The number of carbonyl (C=O) groups is 1. The standard InChI is InChI=1S/C20H19ClN4O4/c1-3-18(24-12-14(21)11-22-24)20(26)23-15-8-16(25(27)28)10-17(9-15)29-19-7-5-4-6-13(19)2/h4-12,18H,3H2,1-2H3,(H,23,26). The number of benzene rings is 2. The Kier molecular flexibility index (Phi) is 6.13. The number of halogens is 1. The van der Waals surface area contributed by atoms with Gasteiger partial charge in [0.1, 0.15) is 17.5 Å². The van der Waals surface area contributed by atoms with Crippen molar-refractivity contribution in [3.05, 3.63) is 75.6 Å². The molecular weight excluding hydrogens is 396 g/mol. The van der Waals surface area contributed by atoms with Crippen LogP contribution in [0.25, 0.3) is 0 Å². The summed E-state index contributed by atoms with van der Waals surface area (Å²) in [4.78, 5) is 23.5. The number of rotatable bonds is 7. The summed E-state index contributed by atoms with van der Waals surface area (Å²) in [6.07, 6.45) is 3.46. The predicted octanol–water partition coefficient (Wildman–Crippen LogP) is 5.14.